The third kappa shape index (κ3) is 3.79. The van der Waals surface area contributed by atoms with Crippen molar-refractivity contribution in [1.29, 1.82) is 0 Å². The van der Waals surface area contributed by atoms with Crippen LogP contribution in [0.5, 0.6) is 0 Å². The van der Waals surface area contributed by atoms with Crippen molar-refractivity contribution < 1.29 is 14.3 Å². The van der Waals surface area contributed by atoms with Crippen molar-refractivity contribution >= 4 is 11.8 Å². The minimum absolute atomic E-state index is 0.0758. The summed E-state index contributed by atoms with van der Waals surface area (Å²) in [6.45, 7) is 0.905. The zero-order valence-corrected chi connectivity index (χ0v) is 10.7. The van der Waals surface area contributed by atoms with Gasteiger partial charge in [-0.3, -0.25) is 9.59 Å². The number of nitrogens with zero attached hydrogens (tertiary/aromatic N) is 1. The number of amides is 2. The fourth-order valence-corrected chi connectivity index (χ4v) is 2.18. The summed E-state index contributed by atoms with van der Waals surface area (Å²) >= 11 is 0. The van der Waals surface area contributed by atoms with E-state index < -0.39 is 12.0 Å². The van der Waals surface area contributed by atoms with Crippen LogP contribution in [-0.2, 0) is 20.9 Å². The summed E-state index contributed by atoms with van der Waals surface area (Å²) < 4.78 is 5.37. The van der Waals surface area contributed by atoms with Gasteiger partial charge in [-0.15, -0.1) is 0 Å². The van der Waals surface area contributed by atoms with E-state index in [1.807, 2.05) is 30.3 Å². The molecule has 0 aromatic heterocycles. The summed E-state index contributed by atoms with van der Waals surface area (Å²) in [5.74, 6) is -0.664. The molecule has 1 unspecified atom stereocenters. The average molecular weight is 262 g/mol. The molecule has 19 heavy (non-hydrogen) atoms. The highest BCUT2D eigenvalue weighted by Gasteiger charge is 2.28. The maximum Gasteiger partial charge on any atom is 0.252 e. The lowest BCUT2D eigenvalue weighted by atomic mass is 10.1. The number of nitrogens with two attached hydrogens (primary N) is 1. The molecule has 2 N–H and O–H groups in total. The molecular formula is C14H18N2O3. The third-order valence-electron chi connectivity index (χ3n) is 3.08. The summed E-state index contributed by atoms with van der Waals surface area (Å²) in [5.41, 5.74) is 6.18. The van der Waals surface area contributed by atoms with Gasteiger partial charge < -0.3 is 15.4 Å². The second kappa shape index (κ2) is 6.33. The Bertz CT molecular complexity index is 441. The van der Waals surface area contributed by atoms with Crippen LogP contribution in [0.15, 0.2) is 30.3 Å². The highest BCUT2D eigenvalue weighted by atomic mass is 16.5. The third-order valence-corrected chi connectivity index (χ3v) is 3.08. The monoisotopic (exact) mass is 262 g/mol. The molecule has 1 fully saturated rings. The summed E-state index contributed by atoms with van der Waals surface area (Å²) in [7, 11) is 0. The number of primary amides is 1. The molecule has 0 radical (unpaired) electrons. The molecule has 1 atom stereocenters. The van der Waals surface area contributed by atoms with Crippen molar-refractivity contribution in [2.24, 2.45) is 5.73 Å². The molecule has 0 spiro atoms. The van der Waals surface area contributed by atoms with Crippen LogP contribution >= 0.6 is 0 Å². The van der Waals surface area contributed by atoms with Gasteiger partial charge >= 0.3 is 0 Å². The van der Waals surface area contributed by atoms with Crippen LogP contribution < -0.4 is 5.73 Å². The molecular weight excluding hydrogens is 244 g/mol. The van der Waals surface area contributed by atoms with Gasteiger partial charge in [0.05, 0.1) is 6.54 Å². The Hall–Kier alpha value is -1.88. The van der Waals surface area contributed by atoms with Crippen LogP contribution in [0.1, 0.15) is 18.4 Å². The fourth-order valence-electron chi connectivity index (χ4n) is 2.18. The van der Waals surface area contributed by atoms with Crippen molar-refractivity contribution in [3.63, 3.8) is 0 Å². The van der Waals surface area contributed by atoms with E-state index in [0.717, 1.165) is 12.0 Å². The molecule has 1 aliphatic heterocycles. The van der Waals surface area contributed by atoms with Gasteiger partial charge in [-0.1, -0.05) is 30.3 Å². The number of benzene rings is 1. The largest absolute Gasteiger partial charge is 0.368 e. The first-order valence-corrected chi connectivity index (χ1v) is 6.39. The molecule has 1 aliphatic rings. The SMILES string of the molecule is NC(=O)CN(Cc1ccccc1)C(=O)C1CCCO1. The van der Waals surface area contributed by atoms with E-state index in [2.05, 4.69) is 0 Å². The first-order valence-electron chi connectivity index (χ1n) is 6.39. The summed E-state index contributed by atoms with van der Waals surface area (Å²) in [6, 6.07) is 9.53. The topological polar surface area (TPSA) is 72.6 Å². The second-order valence-corrected chi connectivity index (χ2v) is 4.65. The Labute approximate surface area is 112 Å². The summed E-state index contributed by atoms with van der Waals surface area (Å²) in [5, 5.41) is 0. The molecule has 102 valence electrons. The Morgan fingerprint density at radius 2 is 2.05 bits per heavy atom. The zero-order valence-electron chi connectivity index (χ0n) is 10.7. The molecule has 0 bridgehead atoms. The lowest BCUT2D eigenvalue weighted by molar-refractivity contribution is -0.144. The molecule has 1 saturated heterocycles. The molecule has 1 aromatic carbocycles. The summed E-state index contributed by atoms with van der Waals surface area (Å²) in [6.07, 6.45) is 1.16. The Morgan fingerprint density at radius 3 is 2.63 bits per heavy atom. The van der Waals surface area contributed by atoms with E-state index in [4.69, 9.17) is 10.5 Å². The van der Waals surface area contributed by atoms with Crippen LogP contribution in [0.3, 0.4) is 0 Å². The Kier molecular flexibility index (Phi) is 4.52. The Morgan fingerprint density at radius 1 is 1.32 bits per heavy atom. The number of carbonyl (C=O) groups excluding carboxylic acids is 2. The van der Waals surface area contributed by atoms with Gasteiger partial charge in [0.2, 0.25) is 5.91 Å². The number of hydrogen-bond acceptors (Lipinski definition) is 3. The molecule has 5 heteroatoms. The van der Waals surface area contributed by atoms with Crippen molar-refractivity contribution in [2.45, 2.75) is 25.5 Å². The average Bonchev–Trinajstić information content (AvgIpc) is 2.91. The van der Waals surface area contributed by atoms with E-state index >= 15 is 0 Å². The van der Waals surface area contributed by atoms with Crippen molar-refractivity contribution in [3.8, 4) is 0 Å². The molecule has 2 rings (SSSR count). The predicted molar refractivity (Wildman–Crippen MR) is 70.0 cm³/mol. The number of rotatable bonds is 5. The van der Waals surface area contributed by atoms with Crippen molar-refractivity contribution in [3.05, 3.63) is 35.9 Å². The smallest absolute Gasteiger partial charge is 0.252 e. The van der Waals surface area contributed by atoms with Crippen molar-refractivity contribution in [1.82, 2.24) is 4.90 Å². The molecule has 0 aliphatic carbocycles. The van der Waals surface area contributed by atoms with E-state index in [9.17, 15) is 9.59 Å². The Balaban J connectivity index is 2.06. The first kappa shape index (κ1) is 13.5. The van der Waals surface area contributed by atoms with E-state index in [0.29, 0.717) is 19.6 Å². The predicted octanol–water partition coefficient (Wildman–Crippen LogP) is 0.679. The van der Waals surface area contributed by atoms with Gasteiger partial charge in [-0.05, 0) is 18.4 Å². The first-order chi connectivity index (χ1) is 9.16. The molecule has 1 heterocycles. The fraction of sp³-hybridized carbons (Fsp3) is 0.429. The molecule has 5 nitrogen and oxygen atoms in total. The quantitative estimate of drug-likeness (QED) is 0.848. The van der Waals surface area contributed by atoms with Crippen LogP contribution in [0.4, 0.5) is 0 Å². The maximum atomic E-state index is 12.3. The van der Waals surface area contributed by atoms with Gasteiger partial charge in [0.1, 0.15) is 6.10 Å². The van der Waals surface area contributed by atoms with Crippen LogP contribution in [-0.4, -0.2) is 36.0 Å². The van der Waals surface area contributed by atoms with Crippen LogP contribution in [0, 0.1) is 0 Å². The maximum absolute atomic E-state index is 12.3. The van der Waals surface area contributed by atoms with Gasteiger partial charge in [0, 0.05) is 13.2 Å². The zero-order chi connectivity index (χ0) is 13.7. The highest BCUT2D eigenvalue weighted by Crippen LogP contribution is 2.16. The van der Waals surface area contributed by atoms with E-state index in [-0.39, 0.29) is 12.5 Å². The minimum Gasteiger partial charge on any atom is -0.368 e. The molecule has 1 aromatic rings. The van der Waals surface area contributed by atoms with E-state index in [1.165, 1.54) is 4.90 Å². The van der Waals surface area contributed by atoms with Crippen molar-refractivity contribution in [2.75, 3.05) is 13.2 Å². The number of ether oxygens (including phenoxy) is 1. The standard InChI is InChI=1S/C14H18N2O3/c15-13(17)10-16(9-11-5-2-1-3-6-11)14(18)12-7-4-8-19-12/h1-3,5-6,12H,4,7-10H2,(H2,15,17). The molecule has 2 amide bonds. The summed E-state index contributed by atoms with van der Waals surface area (Å²) in [4.78, 5) is 24.9. The number of hydrogen-bond donors (Lipinski definition) is 1. The van der Waals surface area contributed by atoms with Gasteiger partial charge in [-0.2, -0.15) is 0 Å². The molecule has 0 saturated carbocycles. The number of carbonyl (C=O) groups is 2. The normalized spacial score (nSPS) is 18.2. The van der Waals surface area contributed by atoms with Crippen LogP contribution in [0.25, 0.3) is 0 Å². The minimum atomic E-state index is -0.512. The van der Waals surface area contributed by atoms with Crippen LogP contribution in [0.2, 0.25) is 0 Å². The second-order valence-electron chi connectivity index (χ2n) is 4.65. The lowest BCUT2D eigenvalue weighted by Gasteiger charge is -2.24. The highest BCUT2D eigenvalue weighted by molar-refractivity contribution is 5.86. The van der Waals surface area contributed by atoms with Gasteiger partial charge in [0.15, 0.2) is 0 Å². The van der Waals surface area contributed by atoms with Gasteiger partial charge in [-0.25, -0.2) is 0 Å². The lowest BCUT2D eigenvalue weighted by Crippen LogP contribution is -2.43. The van der Waals surface area contributed by atoms with E-state index in [1.54, 1.807) is 0 Å². The van der Waals surface area contributed by atoms with Gasteiger partial charge in [0.25, 0.3) is 5.91 Å².